The summed E-state index contributed by atoms with van der Waals surface area (Å²) in [4.78, 5) is 21.5. The van der Waals surface area contributed by atoms with Gasteiger partial charge in [-0.1, -0.05) is 213 Å². The number of benzene rings is 8. The number of nitrogens with zero attached hydrogens (tertiary/aromatic N) is 5. The molecule has 2 aliphatic heterocycles. The van der Waals surface area contributed by atoms with Crippen LogP contribution in [0.5, 0.6) is 0 Å². The normalized spacial score (nSPS) is 22.6. The Bertz CT molecular complexity index is 4090. The van der Waals surface area contributed by atoms with Crippen LogP contribution in [0.25, 0.3) is 56.2 Å². The van der Waals surface area contributed by atoms with E-state index in [1.807, 2.05) is 0 Å². The molecule has 0 N–H and O–H groups in total. The maximum atomic E-state index is 5.62. The second-order valence-corrected chi connectivity index (χ2v) is 21.4. The summed E-state index contributed by atoms with van der Waals surface area (Å²) in [6, 6.07) is 73.3. The lowest BCUT2D eigenvalue weighted by molar-refractivity contribution is 0.586. The number of para-hydroxylation sites is 1. The molecule has 0 saturated heterocycles. The molecule has 5 nitrogen and oxygen atoms in total. The standard InChI is InChI=1S/C71H51N5/c1-44-19-17-31-54-52-28-11-14-32-59(52)71(66(44)54)60-33-15-12-30-56(60)65-61(71)38-37-55-58-43-49(48-35-39-63-57(42-48)53-29-13-16-34-62(53)75(63)51-26-9-4-10-27-51)36-40-64(58)76(67(55)65)70-73-68(46-22-7-3-8-23-46)72-69(74-70)50-25-18-24-47(41-50)45-20-5-2-6-21-45/h2-18,20-44,53,55,62,67H,19H2,1H3. The first-order valence-corrected chi connectivity index (χ1v) is 26.9. The van der Waals surface area contributed by atoms with Crippen molar-refractivity contribution < 1.29 is 0 Å². The zero-order valence-electron chi connectivity index (χ0n) is 42.0. The fourth-order valence-corrected chi connectivity index (χ4v) is 14.4. The predicted molar refractivity (Wildman–Crippen MR) is 310 cm³/mol. The summed E-state index contributed by atoms with van der Waals surface area (Å²) < 4.78 is 0. The molecular formula is C71H51N5. The fourth-order valence-electron chi connectivity index (χ4n) is 14.4. The van der Waals surface area contributed by atoms with Crippen LogP contribution in [0.3, 0.4) is 0 Å². The predicted octanol–water partition coefficient (Wildman–Crippen LogP) is 16.6. The van der Waals surface area contributed by atoms with E-state index in [0.717, 1.165) is 34.4 Å². The second kappa shape index (κ2) is 16.7. The summed E-state index contributed by atoms with van der Waals surface area (Å²) in [5.41, 5.74) is 23.3. The number of allylic oxidation sites excluding steroid dienone is 8. The van der Waals surface area contributed by atoms with E-state index in [1.165, 1.54) is 78.2 Å². The van der Waals surface area contributed by atoms with E-state index in [0.29, 0.717) is 23.5 Å². The number of anilines is 4. The molecule has 6 unspecified atom stereocenters. The first kappa shape index (κ1) is 43.2. The number of aromatic nitrogens is 3. The average molecular weight is 974 g/mol. The van der Waals surface area contributed by atoms with Crippen LogP contribution in [0.15, 0.2) is 260 Å². The lowest BCUT2D eigenvalue weighted by atomic mass is 9.64. The maximum absolute atomic E-state index is 5.62. The first-order valence-electron chi connectivity index (χ1n) is 26.9. The van der Waals surface area contributed by atoms with Crippen LogP contribution in [0, 0.1) is 5.92 Å². The summed E-state index contributed by atoms with van der Waals surface area (Å²) in [5, 5.41) is 0. The van der Waals surface area contributed by atoms with E-state index >= 15 is 0 Å². The van der Waals surface area contributed by atoms with Gasteiger partial charge in [0.05, 0.1) is 17.5 Å². The van der Waals surface area contributed by atoms with Gasteiger partial charge in [-0.3, -0.25) is 0 Å². The number of hydrogen-bond acceptors (Lipinski definition) is 5. The highest BCUT2D eigenvalue weighted by molar-refractivity contribution is 6.01. The van der Waals surface area contributed by atoms with E-state index in [2.05, 4.69) is 266 Å². The topological polar surface area (TPSA) is 45.2 Å². The molecular weight excluding hydrogens is 923 g/mol. The Morgan fingerprint density at radius 3 is 1.83 bits per heavy atom. The molecule has 1 aromatic heterocycles. The summed E-state index contributed by atoms with van der Waals surface area (Å²) in [6.45, 7) is 2.44. The van der Waals surface area contributed by atoms with Crippen LogP contribution >= 0.6 is 0 Å². The Morgan fingerprint density at radius 1 is 0.474 bits per heavy atom. The van der Waals surface area contributed by atoms with Gasteiger partial charge in [0.25, 0.3) is 0 Å². The van der Waals surface area contributed by atoms with Gasteiger partial charge in [0.2, 0.25) is 5.95 Å². The van der Waals surface area contributed by atoms with Crippen molar-refractivity contribution >= 4 is 34.2 Å². The molecule has 1 spiro atoms. The molecule has 0 saturated carbocycles. The van der Waals surface area contributed by atoms with Gasteiger partial charge < -0.3 is 9.80 Å². The van der Waals surface area contributed by atoms with Gasteiger partial charge in [0.1, 0.15) is 0 Å². The highest BCUT2D eigenvalue weighted by atomic mass is 15.3. The van der Waals surface area contributed by atoms with E-state index in [4.69, 9.17) is 15.0 Å². The van der Waals surface area contributed by atoms with Gasteiger partial charge in [-0.2, -0.15) is 9.97 Å². The van der Waals surface area contributed by atoms with Crippen molar-refractivity contribution in [2.24, 2.45) is 5.92 Å². The molecule has 5 heteroatoms. The van der Waals surface area contributed by atoms with E-state index in [9.17, 15) is 0 Å². The minimum Gasteiger partial charge on any atom is -0.333 e. The lowest BCUT2D eigenvalue weighted by Crippen LogP contribution is -2.36. The van der Waals surface area contributed by atoms with E-state index in [1.54, 1.807) is 0 Å². The van der Waals surface area contributed by atoms with Crippen LogP contribution in [0.1, 0.15) is 58.6 Å². The molecule has 6 atom stereocenters. The van der Waals surface area contributed by atoms with Crippen molar-refractivity contribution in [3.05, 3.63) is 293 Å². The molecule has 16 rings (SSSR count). The minimum atomic E-state index is -0.439. The molecule has 0 amide bonds. The van der Waals surface area contributed by atoms with Crippen molar-refractivity contribution in [1.82, 2.24) is 15.0 Å². The Morgan fingerprint density at radius 2 is 1.07 bits per heavy atom. The molecule has 3 heterocycles. The van der Waals surface area contributed by atoms with Crippen molar-refractivity contribution in [2.75, 3.05) is 9.80 Å². The van der Waals surface area contributed by atoms with Gasteiger partial charge in [0.15, 0.2) is 11.6 Å². The largest absolute Gasteiger partial charge is 0.333 e. The Labute approximate surface area is 443 Å². The van der Waals surface area contributed by atoms with Crippen LogP contribution in [0.4, 0.5) is 23.0 Å². The van der Waals surface area contributed by atoms with Crippen LogP contribution in [0.2, 0.25) is 0 Å². The van der Waals surface area contributed by atoms with Gasteiger partial charge in [0, 0.05) is 40.0 Å². The van der Waals surface area contributed by atoms with Gasteiger partial charge in [-0.25, -0.2) is 4.98 Å². The van der Waals surface area contributed by atoms with Crippen molar-refractivity contribution in [3.8, 4) is 45.0 Å². The SMILES string of the molecule is CC1CC=CC2=C1C1(C3=C(c4ccccc41)C1C(C=C3)c3cc(-c4ccc5c(c4)C4C=CC=CC4N5c4ccccc4)ccc3N1c1nc(-c3ccccc3)nc(-c3cccc(-c4ccccc4)c3)n1)c1ccccc12. The van der Waals surface area contributed by atoms with Crippen LogP contribution in [-0.4, -0.2) is 27.0 Å². The van der Waals surface area contributed by atoms with Crippen molar-refractivity contribution in [3.63, 3.8) is 0 Å². The van der Waals surface area contributed by atoms with Gasteiger partial charge >= 0.3 is 0 Å². The summed E-state index contributed by atoms with van der Waals surface area (Å²) in [7, 11) is 0. The zero-order valence-corrected chi connectivity index (χ0v) is 42.0. The van der Waals surface area contributed by atoms with Crippen LogP contribution < -0.4 is 9.80 Å². The fraction of sp³-hybridized carbons (Fsp3) is 0.113. The highest BCUT2D eigenvalue weighted by Gasteiger charge is 2.58. The van der Waals surface area contributed by atoms with E-state index in [-0.39, 0.29) is 23.9 Å². The van der Waals surface area contributed by atoms with Gasteiger partial charge in [-0.15, -0.1) is 0 Å². The number of fused-ring (bicyclic) bond motifs is 15. The Balaban J connectivity index is 0.918. The smallest absolute Gasteiger partial charge is 0.234 e. The Hall–Kier alpha value is -9.19. The molecule has 9 aromatic rings. The third-order valence-electron chi connectivity index (χ3n) is 17.4. The molecule has 8 aromatic carbocycles. The molecule has 0 fully saturated rings. The maximum Gasteiger partial charge on any atom is 0.234 e. The highest BCUT2D eigenvalue weighted by Crippen LogP contribution is 2.67. The molecule has 5 aliphatic carbocycles. The quantitative estimate of drug-likeness (QED) is 0.166. The Kier molecular flexibility index (Phi) is 9.48. The van der Waals surface area contributed by atoms with Crippen LogP contribution in [-0.2, 0) is 5.41 Å². The first-order chi connectivity index (χ1) is 37.6. The lowest BCUT2D eigenvalue weighted by Gasteiger charge is -2.39. The average Bonchev–Trinajstić information content (AvgIpc) is 4.38. The van der Waals surface area contributed by atoms with Crippen molar-refractivity contribution in [1.29, 1.82) is 0 Å². The number of hydrogen-bond donors (Lipinski definition) is 0. The minimum absolute atomic E-state index is 0.00808. The summed E-state index contributed by atoms with van der Waals surface area (Å²) in [5.74, 6) is 2.52. The molecule has 0 bridgehead atoms. The monoisotopic (exact) mass is 973 g/mol. The van der Waals surface area contributed by atoms with Gasteiger partial charge in [-0.05, 0) is 133 Å². The summed E-state index contributed by atoms with van der Waals surface area (Å²) >= 11 is 0. The second-order valence-electron chi connectivity index (χ2n) is 21.4. The summed E-state index contributed by atoms with van der Waals surface area (Å²) in [6.07, 6.45) is 20.0. The molecule has 7 aliphatic rings. The van der Waals surface area contributed by atoms with Crippen molar-refractivity contribution in [2.45, 2.75) is 42.7 Å². The molecule has 76 heavy (non-hydrogen) atoms. The third-order valence-corrected chi connectivity index (χ3v) is 17.4. The number of rotatable bonds is 6. The zero-order chi connectivity index (χ0) is 50.1. The molecule has 360 valence electrons. The third kappa shape index (κ3) is 6.17. The molecule has 0 radical (unpaired) electrons. The van der Waals surface area contributed by atoms with E-state index < -0.39 is 5.41 Å².